The van der Waals surface area contributed by atoms with Crippen molar-refractivity contribution in [1.29, 1.82) is 0 Å². The number of fused-ring (bicyclic) bond motifs is 1. The molecule has 3 rings (SSSR count). The first kappa shape index (κ1) is 26.4. The summed E-state index contributed by atoms with van der Waals surface area (Å²) in [6, 6.07) is 7.63. The Morgan fingerprint density at radius 1 is 0.848 bits per heavy atom. The molecule has 33 heavy (non-hydrogen) atoms. The van der Waals surface area contributed by atoms with E-state index in [-0.39, 0.29) is 6.61 Å². The number of unbranched alkanes of at least 4 members (excludes halogenated alkanes) is 9. The minimum Gasteiger partial charge on any atom is -0.494 e. The Hall–Kier alpha value is -1.22. The van der Waals surface area contributed by atoms with E-state index in [4.69, 9.17) is 23.7 Å². The number of ether oxygens (including phenoxy) is 5. The largest absolute Gasteiger partial charge is 0.494 e. The van der Waals surface area contributed by atoms with Crippen LogP contribution in [0, 0.1) is 0 Å². The van der Waals surface area contributed by atoms with Crippen molar-refractivity contribution in [3.05, 3.63) is 29.8 Å². The fourth-order valence-corrected chi connectivity index (χ4v) is 4.44. The van der Waals surface area contributed by atoms with Crippen LogP contribution in [0.5, 0.6) is 5.75 Å². The predicted molar refractivity (Wildman–Crippen MR) is 125 cm³/mol. The first-order valence-corrected chi connectivity index (χ1v) is 12.7. The normalized spacial score (nSPS) is 29.6. The molecule has 0 aliphatic carbocycles. The van der Waals surface area contributed by atoms with E-state index in [0.717, 1.165) is 24.3 Å². The van der Waals surface area contributed by atoms with E-state index in [1.54, 1.807) is 0 Å². The van der Waals surface area contributed by atoms with Crippen molar-refractivity contribution in [2.24, 2.45) is 0 Å². The minimum atomic E-state index is -1.17. The Kier molecular flexibility index (Phi) is 11.4. The highest BCUT2D eigenvalue weighted by molar-refractivity contribution is 5.28. The molecule has 2 N–H and O–H groups in total. The molecule has 7 heteroatoms. The average molecular weight is 467 g/mol. The van der Waals surface area contributed by atoms with E-state index < -0.39 is 37.0 Å². The molecule has 1 aromatic carbocycles. The van der Waals surface area contributed by atoms with Gasteiger partial charge in [0.2, 0.25) is 0 Å². The molecule has 2 aliphatic heterocycles. The van der Waals surface area contributed by atoms with Crippen LogP contribution in [-0.4, -0.2) is 61.2 Å². The molecule has 0 aromatic heterocycles. The Balaban J connectivity index is 1.32. The summed E-state index contributed by atoms with van der Waals surface area (Å²) in [6.07, 6.45) is 8.09. The molecule has 0 spiro atoms. The summed E-state index contributed by atoms with van der Waals surface area (Å²) in [5.74, 6) is 0.822. The lowest BCUT2D eigenvalue weighted by molar-refractivity contribution is -0.358. The third-order valence-electron chi connectivity index (χ3n) is 6.48. The highest BCUT2D eigenvalue weighted by Crippen LogP contribution is 2.34. The van der Waals surface area contributed by atoms with Crippen LogP contribution >= 0.6 is 0 Å². The molecule has 188 valence electrons. The van der Waals surface area contributed by atoms with Gasteiger partial charge >= 0.3 is 0 Å². The summed E-state index contributed by atoms with van der Waals surface area (Å²) in [5, 5.41) is 20.5. The van der Waals surface area contributed by atoms with Crippen LogP contribution in [0.3, 0.4) is 0 Å². The zero-order valence-corrected chi connectivity index (χ0v) is 20.2. The topological polar surface area (TPSA) is 86.6 Å². The molecule has 2 fully saturated rings. The van der Waals surface area contributed by atoms with Crippen LogP contribution in [0.1, 0.15) is 83.0 Å². The molecule has 6 atom stereocenters. The summed E-state index contributed by atoms with van der Waals surface area (Å²) in [5.41, 5.74) is 0.829. The van der Waals surface area contributed by atoms with Crippen molar-refractivity contribution < 1.29 is 33.9 Å². The molecule has 2 heterocycles. The smallest absolute Gasteiger partial charge is 0.186 e. The SMILES string of the molecule is CCCCCCCCCCCCOc1ccc(C2OC[C@H]3O[C@H](OC)[C@H](O)[C@@H](O)[C@@H]3O2)cc1. The van der Waals surface area contributed by atoms with Gasteiger partial charge in [-0.3, -0.25) is 0 Å². The van der Waals surface area contributed by atoms with Gasteiger partial charge in [-0.2, -0.15) is 0 Å². The second-order valence-electron chi connectivity index (χ2n) is 9.13. The lowest BCUT2D eigenvalue weighted by Crippen LogP contribution is -2.62. The predicted octanol–water partition coefficient (Wildman–Crippen LogP) is 4.49. The lowest BCUT2D eigenvalue weighted by Gasteiger charge is -2.45. The number of rotatable bonds is 14. The van der Waals surface area contributed by atoms with Crippen LogP contribution < -0.4 is 4.74 Å². The molecule has 0 amide bonds. The molecule has 0 bridgehead atoms. The minimum absolute atomic E-state index is 0.246. The first-order valence-electron chi connectivity index (χ1n) is 12.7. The van der Waals surface area contributed by atoms with E-state index in [0.29, 0.717) is 0 Å². The van der Waals surface area contributed by atoms with Crippen LogP contribution in [0.2, 0.25) is 0 Å². The van der Waals surface area contributed by atoms with Crippen LogP contribution in [-0.2, 0) is 18.9 Å². The van der Waals surface area contributed by atoms with Gasteiger partial charge in [0.15, 0.2) is 12.6 Å². The van der Waals surface area contributed by atoms with Crippen LogP contribution in [0.4, 0.5) is 0 Å². The van der Waals surface area contributed by atoms with Crippen molar-refractivity contribution in [1.82, 2.24) is 0 Å². The van der Waals surface area contributed by atoms with Crippen molar-refractivity contribution in [2.45, 2.75) is 108 Å². The van der Waals surface area contributed by atoms with E-state index in [1.165, 1.54) is 64.9 Å². The van der Waals surface area contributed by atoms with E-state index in [1.807, 2.05) is 24.3 Å². The molecule has 0 radical (unpaired) electrons. The standard InChI is InChI=1S/C26H42O7/c1-3-4-5-6-7-8-9-10-11-12-17-30-20-15-13-19(14-16-20)25-31-18-21-24(33-25)22(27)23(28)26(29-2)32-21/h13-16,21-28H,3-12,17-18H2,1-2H3/t21-,22-,23-,24-,25?,26+/m1/s1. The van der Waals surface area contributed by atoms with Crippen molar-refractivity contribution in [2.75, 3.05) is 20.3 Å². The van der Waals surface area contributed by atoms with E-state index >= 15 is 0 Å². The maximum atomic E-state index is 10.4. The van der Waals surface area contributed by atoms with Crippen LogP contribution in [0.15, 0.2) is 24.3 Å². The second-order valence-corrected chi connectivity index (χ2v) is 9.13. The van der Waals surface area contributed by atoms with Gasteiger partial charge in [-0.15, -0.1) is 0 Å². The van der Waals surface area contributed by atoms with Crippen molar-refractivity contribution >= 4 is 0 Å². The molecule has 7 nitrogen and oxygen atoms in total. The van der Waals surface area contributed by atoms with Gasteiger partial charge in [0.25, 0.3) is 0 Å². The van der Waals surface area contributed by atoms with Gasteiger partial charge in [0.05, 0.1) is 13.2 Å². The molecular weight excluding hydrogens is 424 g/mol. The molecule has 0 saturated carbocycles. The van der Waals surface area contributed by atoms with E-state index in [2.05, 4.69) is 6.92 Å². The number of aliphatic hydroxyl groups excluding tert-OH is 2. The lowest BCUT2D eigenvalue weighted by atomic mass is 9.98. The number of benzene rings is 1. The number of hydrogen-bond donors (Lipinski definition) is 2. The Morgan fingerprint density at radius 2 is 1.48 bits per heavy atom. The van der Waals surface area contributed by atoms with Crippen LogP contribution in [0.25, 0.3) is 0 Å². The van der Waals surface area contributed by atoms with Gasteiger partial charge in [0.1, 0.15) is 30.2 Å². The maximum absolute atomic E-state index is 10.4. The highest BCUT2D eigenvalue weighted by atomic mass is 16.7. The van der Waals surface area contributed by atoms with Gasteiger partial charge in [-0.1, -0.05) is 76.8 Å². The van der Waals surface area contributed by atoms with E-state index in [9.17, 15) is 10.2 Å². The highest BCUT2D eigenvalue weighted by Gasteiger charge is 2.49. The van der Waals surface area contributed by atoms with Gasteiger partial charge in [-0.25, -0.2) is 0 Å². The average Bonchev–Trinajstić information content (AvgIpc) is 2.85. The Morgan fingerprint density at radius 3 is 2.12 bits per heavy atom. The Labute approximate surface area is 198 Å². The summed E-state index contributed by atoms with van der Waals surface area (Å²) in [7, 11) is 1.42. The fraction of sp³-hybridized carbons (Fsp3) is 0.769. The summed E-state index contributed by atoms with van der Waals surface area (Å²) in [6.45, 7) is 3.22. The second kappa shape index (κ2) is 14.2. The first-order chi connectivity index (χ1) is 16.1. The third-order valence-corrected chi connectivity index (χ3v) is 6.48. The summed E-state index contributed by atoms with van der Waals surface area (Å²) in [4.78, 5) is 0. The monoisotopic (exact) mass is 466 g/mol. The summed E-state index contributed by atoms with van der Waals surface area (Å²) < 4.78 is 28.3. The van der Waals surface area contributed by atoms with Gasteiger partial charge in [0, 0.05) is 12.7 Å². The molecular formula is C26H42O7. The van der Waals surface area contributed by atoms with Crippen molar-refractivity contribution in [3.63, 3.8) is 0 Å². The summed E-state index contributed by atoms with van der Waals surface area (Å²) >= 11 is 0. The Bertz CT molecular complexity index is 651. The number of hydrogen-bond acceptors (Lipinski definition) is 7. The number of methoxy groups -OCH3 is 1. The third kappa shape index (κ3) is 7.91. The fourth-order valence-electron chi connectivity index (χ4n) is 4.44. The number of aliphatic hydroxyl groups is 2. The van der Waals surface area contributed by atoms with Crippen molar-refractivity contribution in [3.8, 4) is 5.75 Å². The zero-order chi connectivity index (χ0) is 23.5. The zero-order valence-electron chi connectivity index (χ0n) is 20.2. The van der Waals surface area contributed by atoms with Gasteiger partial charge in [-0.05, 0) is 18.6 Å². The quantitative estimate of drug-likeness (QED) is 0.391. The molecule has 1 aromatic rings. The molecule has 2 aliphatic rings. The maximum Gasteiger partial charge on any atom is 0.186 e. The molecule has 1 unspecified atom stereocenters. The van der Waals surface area contributed by atoms with Gasteiger partial charge < -0.3 is 33.9 Å². The molecule has 2 saturated heterocycles.